The van der Waals surface area contributed by atoms with E-state index in [0.717, 1.165) is 49.0 Å². The number of ether oxygens (including phenoxy) is 2. The first kappa shape index (κ1) is 21.7. The van der Waals surface area contributed by atoms with Crippen molar-refractivity contribution in [2.45, 2.75) is 39.0 Å². The predicted molar refractivity (Wildman–Crippen MR) is 121 cm³/mol. The zero-order valence-electron chi connectivity index (χ0n) is 18.0. The van der Waals surface area contributed by atoms with E-state index in [2.05, 4.69) is 24.1 Å². The molecule has 0 aliphatic carbocycles. The van der Waals surface area contributed by atoms with Crippen LogP contribution in [0.2, 0.25) is 0 Å². The number of methoxy groups -OCH3 is 1. The fraction of sp³-hybridized carbons (Fsp3) is 0.375. The Kier molecular flexibility index (Phi) is 7.36. The Morgan fingerprint density at radius 1 is 1.13 bits per heavy atom. The quantitative estimate of drug-likeness (QED) is 0.391. The Balaban J connectivity index is 1.85. The molecule has 0 bridgehead atoms. The van der Waals surface area contributed by atoms with E-state index in [-0.39, 0.29) is 0 Å². The Hall–Kier alpha value is -2.99. The summed E-state index contributed by atoms with van der Waals surface area (Å²) in [6, 6.07) is 11.0. The lowest BCUT2D eigenvalue weighted by molar-refractivity contribution is 0.100. The van der Waals surface area contributed by atoms with E-state index in [0.29, 0.717) is 23.0 Å². The van der Waals surface area contributed by atoms with Gasteiger partial charge in [-0.25, -0.2) is 0 Å². The standard InChI is InChI=1S/C24H31N3O3/c1-4-26-12-6-5-7-16(2)22-15-27-23-20(22)13-19(14-21(23)24(25)28)30-18-10-8-17(29-3)9-11-18/h8-11,13-16,26-27H,4-7,12H2,1-3H3,(H2,25,28). The monoisotopic (exact) mass is 409 g/mol. The van der Waals surface area contributed by atoms with Crippen LogP contribution in [0.1, 0.15) is 54.9 Å². The van der Waals surface area contributed by atoms with E-state index in [9.17, 15) is 4.79 Å². The van der Waals surface area contributed by atoms with Crippen molar-refractivity contribution >= 4 is 16.8 Å². The summed E-state index contributed by atoms with van der Waals surface area (Å²) in [5.41, 5.74) is 8.03. The van der Waals surface area contributed by atoms with E-state index >= 15 is 0 Å². The molecule has 0 aliphatic rings. The molecule has 4 N–H and O–H groups in total. The van der Waals surface area contributed by atoms with Crippen molar-refractivity contribution in [3.8, 4) is 17.2 Å². The molecule has 1 atom stereocenters. The molecule has 1 aromatic heterocycles. The van der Waals surface area contributed by atoms with Gasteiger partial charge in [0.1, 0.15) is 17.2 Å². The number of H-pyrrole nitrogens is 1. The highest BCUT2D eigenvalue weighted by atomic mass is 16.5. The summed E-state index contributed by atoms with van der Waals surface area (Å²) in [5.74, 6) is 1.89. The van der Waals surface area contributed by atoms with Gasteiger partial charge in [0, 0.05) is 11.6 Å². The molecule has 30 heavy (non-hydrogen) atoms. The van der Waals surface area contributed by atoms with Crippen LogP contribution in [0.3, 0.4) is 0 Å². The van der Waals surface area contributed by atoms with Crippen molar-refractivity contribution in [3.63, 3.8) is 0 Å². The second-order valence-electron chi connectivity index (χ2n) is 7.53. The lowest BCUT2D eigenvalue weighted by Gasteiger charge is -2.13. The molecule has 160 valence electrons. The SMILES string of the molecule is CCNCCCCC(C)c1c[nH]c2c(C(N)=O)cc(Oc3ccc(OC)cc3)cc12. The Bertz CT molecular complexity index is 979. The maximum atomic E-state index is 12.1. The van der Waals surface area contributed by atoms with Crippen LogP contribution in [0.25, 0.3) is 10.9 Å². The molecule has 0 spiro atoms. The smallest absolute Gasteiger partial charge is 0.250 e. The van der Waals surface area contributed by atoms with Crippen LogP contribution in [0.4, 0.5) is 0 Å². The van der Waals surface area contributed by atoms with Crippen LogP contribution in [0.5, 0.6) is 17.2 Å². The zero-order valence-corrected chi connectivity index (χ0v) is 18.0. The molecule has 1 unspecified atom stereocenters. The lowest BCUT2D eigenvalue weighted by Crippen LogP contribution is -2.13. The first-order chi connectivity index (χ1) is 14.5. The predicted octanol–water partition coefficient (Wildman–Crippen LogP) is 4.95. The van der Waals surface area contributed by atoms with Crippen LogP contribution in [0, 0.1) is 0 Å². The fourth-order valence-corrected chi connectivity index (χ4v) is 3.70. The molecule has 1 heterocycles. The second-order valence-corrected chi connectivity index (χ2v) is 7.53. The summed E-state index contributed by atoms with van der Waals surface area (Å²) in [6.07, 6.45) is 5.36. The minimum Gasteiger partial charge on any atom is -0.497 e. The zero-order chi connectivity index (χ0) is 21.5. The molecular formula is C24H31N3O3. The molecule has 6 heteroatoms. The highest BCUT2D eigenvalue weighted by molar-refractivity contribution is 6.06. The molecule has 0 saturated carbocycles. The Labute approximate surface area is 177 Å². The van der Waals surface area contributed by atoms with Gasteiger partial charge < -0.3 is 25.5 Å². The number of fused-ring (bicyclic) bond motifs is 1. The normalized spacial score (nSPS) is 12.1. The minimum absolute atomic E-state index is 0.359. The van der Waals surface area contributed by atoms with E-state index in [4.69, 9.17) is 15.2 Å². The van der Waals surface area contributed by atoms with Crippen molar-refractivity contribution in [2.24, 2.45) is 5.73 Å². The highest BCUT2D eigenvalue weighted by Gasteiger charge is 2.17. The summed E-state index contributed by atoms with van der Waals surface area (Å²) in [6.45, 7) is 6.39. The van der Waals surface area contributed by atoms with Crippen LogP contribution < -0.4 is 20.5 Å². The average Bonchev–Trinajstić information content (AvgIpc) is 3.17. The molecule has 6 nitrogen and oxygen atoms in total. The van der Waals surface area contributed by atoms with Gasteiger partial charge in [-0.2, -0.15) is 0 Å². The van der Waals surface area contributed by atoms with Crippen molar-refractivity contribution in [3.05, 3.63) is 53.7 Å². The molecule has 1 amide bonds. The van der Waals surface area contributed by atoms with Crippen molar-refractivity contribution in [1.82, 2.24) is 10.3 Å². The maximum Gasteiger partial charge on any atom is 0.250 e. The molecule has 2 aromatic carbocycles. The van der Waals surface area contributed by atoms with E-state index in [1.807, 2.05) is 36.5 Å². The number of nitrogens with two attached hydrogens (primary N) is 1. The van der Waals surface area contributed by atoms with Gasteiger partial charge in [0.2, 0.25) is 0 Å². The van der Waals surface area contributed by atoms with E-state index in [1.165, 1.54) is 5.56 Å². The largest absolute Gasteiger partial charge is 0.497 e. The molecule has 0 fully saturated rings. The van der Waals surface area contributed by atoms with E-state index < -0.39 is 5.91 Å². The van der Waals surface area contributed by atoms with Crippen molar-refractivity contribution in [2.75, 3.05) is 20.2 Å². The molecule has 3 aromatic rings. The number of carbonyl (C=O) groups is 1. The third-order valence-corrected chi connectivity index (χ3v) is 5.38. The van der Waals surface area contributed by atoms with Crippen molar-refractivity contribution < 1.29 is 14.3 Å². The number of hydrogen-bond acceptors (Lipinski definition) is 4. The van der Waals surface area contributed by atoms with Gasteiger partial charge in [-0.05, 0) is 73.8 Å². The lowest BCUT2D eigenvalue weighted by atomic mass is 9.94. The highest BCUT2D eigenvalue weighted by Crippen LogP contribution is 2.35. The van der Waals surface area contributed by atoms with Gasteiger partial charge >= 0.3 is 0 Å². The number of carbonyl (C=O) groups excluding carboxylic acids is 1. The van der Waals surface area contributed by atoms with Crippen LogP contribution in [-0.4, -0.2) is 31.1 Å². The van der Waals surface area contributed by atoms with Gasteiger partial charge in [-0.3, -0.25) is 4.79 Å². The molecule has 0 aliphatic heterocycles. The number of benzene rings is 2. The fourth-order valence-electron chi connectivity index (χ4n) is 3.70. The number of amides is 1. The number of primary amides is 1. The Morgan fingerprint density at radius 3 is 2.53 bits per heavy atom. The second kappa shape index (κ2) is 10.2. The van der Waals surface area contributed by atoms with Crippen LogP contribution >= 0.6 is 0 Å². The third kappa shape index (κ3) is 5.13. The summed E-state index contributed by atoms with van der Waals surface area (Å²) in [5, 5.41) is 4.34. The first-order valence-corrected chi connectivity index (χ1v) is 10.5. The summed E-state index contributed by atoms with van der Waals surface area (Å²) in [4.78, 5) is 15.3. The first-order valence-electron chi connectivity index (χ1n) is 10.5. The van der Waals surface area contributed by atoms with Crippen molar-refractivity contribution in [1.29, 1.82) is 0 Å². The molecular weight excluding hydrogens is 378 g/mol. The number of nitrogens with one attached hydrogen (secondary N) is 2. The van der Waals surface area contributed by atoms with E-state index in [1.54, 1.807) is 13.2 Å². The number of rotatable bonds is 11. The third-order valence-electron chi connectivity index (χ3n) is 5.38. The average molecular weight is 410 g/mol. The Morgan fingerprint density at radius 2 is 1.87 bits per heavy atom. The van der Waals surface area contributed by atoms with Crippen LogP contribution in [0.15, 0.2) is 42.6 Å². The number of aromatic amines is 1. The molecule has 3 rings (SSSR count). The van der Waals surface area contributed by atoms with Gasteiger partial charge in [-0.15, -0.1) is 0 Å². The van der Waals surface area contributed by atoms with Gasteiger partial charge in [0.25, 0.3) is 5.91 Å². The number of hydrogen-bond donors (Lipinski definition) is 3. The maximum absolute atomic E-state index is 12.1. The summed E-state index contributed by atoms with van der Waals surface area (Å²) < 4.78 is 11.2. The summed E-state index contributed by atoms with van der Waals surface area (Å²) >= 11 is 0. The topological polar surface area (TPSA) is 89.4 Å². The molecule has 0 radical (unpaired) electrons. The van der Waals surface area contributed by atoms with Gasteiger partial charge in [0.15, 0.2) is 0 Å². The minimum atomic E-state index is -0.480. The van der Waals surface area contributed by atoms with Gasteiger partial charge in [-0.1, -0.05) is 20.3 Å². The number of aromatic nitrogens is 1. The molecule has 0 saturated heterocycles. The van der Waals surface area contributed by atoms with Gasteiger partial charge in [0.05, 0.1) is 18.2 Å². The summed E-state index contributed by atoms with van der Waals surface area (Å²) in [7, 11) is 1.62. The number of unbranched alkanes of at least 4 members (excludes halogenated alkanes) is 1. The van der Waals surface area contributed by atoms with Crippen LogP contribution in [-0.2, 0) is 0 Å².